The number of urea groups is 1. The Morgan fingerprint density at radius 3 is 2.86 bits per heavy atom. The second kappa shape index (κ2) is 8.36. The highest BCUT2D eigenvalue weighted by Crippen LogP contribution is 2.22. The summed E-state index contributed by atoms with van der Waals surface area (Å²) in [7, 11) is 1.64. The lowest BCUT2D eigenvalue weighted by Gasteiger charge is -2.27. The van der Waals surface area contributed by atoms with Gasteiger partial charge in [0.15, 0.2) is 0 Å². The first kappa shape index (κ1) is 17.1. The molecule has 1 aromatic rings. The number of hydrogen-bond donors (Lipinski definition) is 2. The lowest BCUT2D eigenvalue weighted by atomic mass is 10.0. The van der Waals surface area contributed by atoms with Gasteiger partial charge in [0, 0.05) is 25.3 Å². The maximum absolute atomic E-state index is 12.5. The summed E-state index contributed by atoms with van der Waals surface area (Å²) in [6.07, 6.45) is 2.47. The average Bonchev–Trinajstić information content (AvgIpc) is 3.01. The molecule has 2 atom stereocenters. The van der Waals surface area contributed by atoms with E-state index >= 15 is 0 Å². The van der Waals surface area contributed by atoms with Gasteiger partial charge < -0.3 is 20.1 Å². The Balaban J connectivity index is 2.05. The van der Waals surface area contributed by atoms with Gasteiger partial charge in [-0.25, -0.2) is 4.79 Å². The molecule has 1 heterocycles. The molecule has 2 unspecified atom stereocenters. The van der Waals surface area contributed by atoms with Crippen LogP contribution in [0.4, 0.5) is 4.79 Å². The van der Waals surface area contributed by atoms with Gasteiger partial charge in [-0.05, 0) is 37.0 Å². The third-order valence-corrected chi connectivity index (χ3v) is 4.28. The number of likely N-dealkylation sites (tertiary alicyclic amines) is 1. The summed E-state index contributed by atoms with van der Waals surface area (Å²) in [6, 6.07) is 7.11. The number of carbonyl (C=O) groups is 1. The van der Waals surface area contributed by atoms with Gasteiger partial charge in [-0.1, -0.05) is 23.7 Å². The summed E-state index contributed by atoms with van der Waals surface area (Å²) in [5.41, 5.74) is 0.995. The molecule has 2 N–H and O–H groups in total. The van der Waals surface area contributed by atoms with E-state index in [1.807, 2.05) is 24.3 Å². The molecule has 5 nitrogen and oxygen atoms in total. The molecular formula is C16H23ClN2O3. The van der Waals surface area contributed by atoms with E-state index in [1.165, 1.54) is 0 Å². The molecule has 2 rings (SSSR count). The van der Waals surface area contributed by atoms with Crippen molar-refractivity contribution in [2.75, 3.05) is 26.9 Å². The first-order valence-corrected chi connectivity index (χ1v) is 7.96. The van der Waals surface area contributed by atoms with Crippen LogP contribution in [0.25, 0.3) is 0 Å². The molecular weight excluding hydrogens is 304 g/mol. The number of ether oxygens (including phenoxy) is 1. The Labute approximate surface area is 136 Å². The van der Waals surface area contributed by atoms with E-state index < -0.39 is 0 Å². The highest BCUT2D eigenvalue weighted by atomic mass is 35.5. The molecule has 1 fully saturated rings. The van der Waals surface area contributed by atoms with Crippen LogP contribution in [-0.2, 0) is 4.74 Å². The molecule has 6 heteroatoms. The van der Waals surface area contributed by atoms with Gasteiger partial charge in [0.05, 0.1) is 18.7 Å². The molecule has 0 spiro atoms. The molecule has 1 aliphatic rings. The van der Waals surface area contributed by atoms with E-state index in [0.717, 1.165) is 18.4 Å². The smallest absolute Gasteiger partial charge is 0.318 e. The Bertz CT molecular complexity index is 481. The number of aliphatic hydroxyl groups is 1. The van der Waals surface area contributed by atoms with Crippen molar-refractivity contribution >= 4 is 17.6 Å². The number of nitrogens with one attached hydrogen (secondary N) is 1. The summed E-state index contributed by atoms with van der Waals surface area (Å²) < 4.78 is 5.14. The van der Waals surface area contributed by atoms with E-state index in [4.69, 9.17) is 16.3 Å². The number of hydrogen-bond acceptors (Lipinski definition) is 3. The van der Waals surface area contributed by atoms with Crippen LogP contribution >= 0.6 is 11.6 Å². The van der Waals surface area contributed by atoms with Crippen LogP contribution in [0, 0.1) is 0 Å². The van der Waals surface area contributed by atoms with Crippen LogP contribution in [0.5, 0.6) is 0 Å². The standard InChI is InChI=1S/C16H23ClN2O3/c1-22-10-8-15(12-4-6-13(17)7-5-12)18-16(21)19-9-2-3-14(19)11-20/h4-7,14-15,20H,2-3,8-11H2,1H3,(H,18,21). The fourth-order valence-corrected chi connectivity index (χ4v) is 2.90. The van der Waals surface area contributed by atoms with Crippen LogP contribution in [0.15, 0.2) is 24.3 Å². The lowest BCUT2D eigenvalue weighted by Crippen LogP contribution is -2.45. The Morgan fingerprint density at radius 1 is 1.50 bits per heavy atom. The first-order chi connectivity index (χ1) is 10.7. The number of amides is 2. The van der Waals surface area contributed by atoms with Gasteiger partial charge >= 0.3 is 6.03 Å². The van der Waals surface area contributed by atoms with E-state index in [-0.39, 0.29) is 24.7 Å². The third-order valence-electron chi connectivity index (χ3n) is 4.03. The van der Waals surface area contributed by atoms with E-state index in [9.17, 15) is 9.90 Å². The number of rotatable bonds is 6. The Kier molecular flexibility index (Phi) is 6.49. The number of nitrogens with zero attached hydrogens (tertiary/aromatic N) is 1. The fraction of sp³-hybridized carbons (Fsp3) is 0.562. The van der Waals surface area contributed by atoms with Crippen molar-refractivity contribution in [3.63, 3.8) is 0 Å². The van der Waals surface area contributed by atoms with E-state index in [0.29, 0.717) is 24.6 Å². The Morgan fingerprint density at radius 2 is 2.23 bits per heavy atom. The molecule has 122 valence electrons. The maximum atomic E-state index is 12.5. The van der Waals surface area contributed by atoms with Gasteiger partial charge in [0.2, 0.25) is 0 Å². The van der Waals surface area contributed by atoms with Crippen LogP contribution in [0.1, 0.15) is 30.9 Å². The minimum absolute atomic E-state index is 0.0110. The maximum Gasteiger partial charge on any atom is 0.318 e. The predicted molar refractivity (Wildman–Crippen MR) is 86.0 cm³/mol. The van der Waals surface area contributed by atoms with E-state index in [1.54, 1.807) is 12.0 Å². The van der Waals surface area contributed by atoms with Gasteiger partial charge in [0.25, 0.3) is 0 Å². The molecule has 0 bridgehead atoms. The molecule has 1 aromatic carbocycles. The number of halogens is 1. The minimum atomic E-state index is -0.135. The predicted octanol–water partition coefficient (Wildman–Crippen LogP) is 2.58. The second-order valence-electron chi connectivity index (χ2n) is 5.51. The lowest BCUT2D eigenvalue weighted by molar-refractivity contribution is 0.149. The summed E-state index contributed by atoms with van der Waals surface area (Å²) in [5.74, 6) is 0. The first-order valence-electron chi connectivity index (χ1n) is 7.58. The zero-order valence-electron chi connectivity index (χ0n) is 12.8. The monoisotopic (exact) mass is 326 g/mol. The molecule has 0 aromatic heterocycles. The highest BCUT2D eigenvalue weighted by molar-refractivity contribution is 6.30. The summed E-state index contributed by atoms with van der Waals surface area (Å²) in [5, 5.41) is 13.1. The van der Waals surface area contributed by atoms with Crippen molar-refractivity contribution in [3.05, 3.63) is 34.9 Å². The van der Waals surface area contributed by atoms with Gasteiger partial charge in [-0.15, -0.1) is 0 Å². The van der Waals surface area contributed by atoms with Crippen LogP contribution < -0.4 is 5.32 Å². The molecule has 0 aliphatic carbocycles. The topological polar surface area (TPSA) is 61.8 Å². The highest BCUT2D eigenvalue weighted by Gasteiger charge is 2.29. The van der Waals surface area contributed by atoms with Crippen LogP contribution in [0.3, 0.4) is 0 Å². The van der Waals surface area contributed by atoms with Crippen LogP contribution in [-0.4, -0.2) is 48.9 Å². The fourth-order valence-electron chi connectivity index (χ4n) is 2.78. The summed E-state index contributed by atoms with van der Waals surface area (Å²) in [6.45, 7) is 1.25. The van der Waals surface area contributed by atoms with Crippen molar-refractivity contribution in [3.8, 4) is 0 Å². The molecule has 0 radical (unpaired) electrons. The number of aliphatic hydroxyl groups excluding tert-OH is 1. The zero-order valence-corrected chi connectivity index (χ0v) is 13.6. The van der Waals surface area contributed by atoms with Gasteiger partial charge in [-0.3, -0.25) is 0 Å². The summed E-state index contributed by atoms with van der Waals surface area (Å²) in [4.78, 5) is 14.2. The quantitative estimate of drug-likeness (QED) is 0.844. The van der Waals surface area contributed by atoms with Crippen molar-refractivity contribution < 1.29 is 14.6 Å². The number of methoxy groups -OCH3 is 1. The largest absolute Gasteiger partial charge is 0.394 e. The normalized spacial score (nSPS) is 19.2. The van der Waals surface area contributed by atoms with Crippen molar-refractivity contribution in [2.45, 2.75) is 31.3 Å². The van der Waals surface area contributed by atoms with Gasteiger partial charge in [0.1, 0.15) is 0 Å². The SMILES string of the molecule is COCCC(NC(=O)N1CCCC1CO)c1ccc(Cl)cc1. The third kappa shape index (κ3) is 4.35. The molecule has 2 amide bonds. The second-order valence-corrected chi connectivity index (χ2v) is 5.94. The van der Waals surface area contributed by atoms with Crippen molar-refractivity contribution in [2.24, 2.45) is 0 Å². The van der Waals surface area contributed by atoms with Gasteiger partial charge in [-0.2, -0.15) is 0 Å². The van der Waals surface area contributed by atoms with Crippen LogP contribution in [0.2, 0.25) is 5.02 Å². The Hall–Kier alpha value is -1.30. The minimum Gasteiger partial charge on any atom is -0.394 e. The molecule has 0 saturated carbocycles. The van der Waals surface area contributed by atoms with Crippen molar-refractivity contribution in [1.82, 2.24) is 10.2 Å². The van der Waals surface area contributed by atoms with E-state index in [2.05, 4.69) is 5.32 Å². The number of benzene rings is 1. The molecule has 1 aliphatic heterocycles. The molecule has 22 heavy (non-hydrogen) atoms. The number of carbonyl (C=O) groups excluding carboxylic acids is 1. The zero-order chi connectivity index (χ0) is 15.9. The average molecular weight is 327 g/mol. The molecule has 1 saturated heterocycles. The summed E-state index contributed by atoms with van der Waals surface area (Å²) >= 11 is 5.92. The van der Waals surface area contributed by atoms with Crippen molar-refractivity contribution in [1.29, 1.82) is 0 Å².